The van der Waals surface area contributed by atoms with E-state index >= 15 is 0 Å². The molecule has 3 aromatic rings. The van der Waals surface area contributed by atoms with Crippen molar-refractivity contribution in [1.82, 2.24) is 5.32 Å². The second kappa shape index (κ2) is 11.9. The summed E-state index contributed by atoms with van der Waals surface area (Å²) in [5, 5.41) is 3.15. The second-order valence-corrected chi connectivity index (χ2v) is 11.0. The zero-order valence-corrected chi connectivity index (χ0v) is 22.4. The molecule has 1 saturated heterocycles. The normalized spacial score (nSPS) is 13.8. The number of carbonyl (C=O) groups excluding carboxylic acids is 1. The first-order chi connectivity index (χ1) is 17.8. The van der Waals surface area contributed by atoms with Crippen LogP contribution in [0.25, 0.3) is 0 Å². The molecule has 0 aromatic heterocycles. The molecule has 10 heteroatoms. The van der Waals surface area contributed by atoms with Gasteiger partial charge in [0.25, 0.3) is 10.0 Å². The maximum atomic E-state index is 13.7. The summed E-state index contributed by atoms with van der Waals surface area (Å²) in [5.74, 6) is -0.179. The molecule has 0 spiro atoms. The van der Waals surface area contributed by atoms with Crippen molar-refractivity contribution >= 4 is 38.9 Å². The van der Waals surface area contributed by atoms with Crippen molar-refractivity contribution in [2.75, 3.05) is 49.2 Å². The van der Waals surface area contributed by atoms with Crippen LogP contribution in [-0.4, -0.2) is 54.3 Å². The van der Waals surface area contributed by atoms with Crippen LogP contribution in [0.3, 0.4) is 0 Å². The van der Waals surface area contributed by atoms with Gasteiger partial charge in [0.1, 0.15) is 12.3 Å². The Labute approximate surface area is 222 Å². The van der Waals surface area contributed by atoms with E-state index in [4.69, 9.17) is 21.1 Å². The molecule has 0 aliphatic carbocycles. The summed E-state index contributed by atoms with van der Waals surface area (Å²) in [4.78, 5) is 15.3. The first-order valence-electron chi connectivity index (χ1n) is 11.9. The largest absolute Gasteiger partial charge is 0.495 e. The Morgan fingerprint density at radius 1 is 1.05 bits per heavy atom. The molecule has 1 heterocycles. The fourth-order valence-electron chi connectivity index (χ4n) is 4.03. The number of sulfonamides is 1. The second-order valence-electron chi connectivity index (χ2n) is 8.68. The van der Waals surface area contributed by atoms with Crippen molar-refractivity contribution in [2.24, 2.45) is 0 Å². The van der Waals surface area contributed by atoms with Crippen molar-refractivity contribution in [3.05, 3.63) is 82.9 Å². The third-order valence-electron chi connectivity index (χ3n) is 6.11. The molecule has 0 unspecified atom stereocenters. The van der Waals surface area contributed by atoms with Crippen molar-refractivity contribution in [3.8, 4) is 5.75 Å². The average Bonchev–Trinajstić information content (AvgIpc) is 2.91. The lowest BCUT2D eigenvalue weighted by atomic mass is 10.2. The lowest BCUT2D eigenvalue weighted by Gasteiger charge is -2.29. The van der Waals surface area contributed by atoms with Gasteiger partial charge in [0.05, 0.1) is 30.9 Å². The van der Waals surface area contributed by atoms with E-state index < -0.39 is 22.5 Å². The van der Waals surface area contributed by atoms with Crippen LogP contribution in [0.1, 0.15) is 11.1 Å². The number of methoxy groups -OCH3 is 1. The zero-order chi connectivity index (χ0) is 26.4. The first-order valence-corrected chi connectivity index (χ1v) is 13.7. The number of nitrogens with one attached hydrogen (secondary N) is 1. The van der Waals surface area contributed by atoms with Gasteiger partial charge in [-0.2, -0.15) is 0 Å². The molecule has 1 N–H and O–H groups in total. The van der Waals surface area contributed by atoms with Crippen LogP contribution in [0.2, 0.25) is 5.02 Å². The van der Waals surface area contributed by atoms with Crippen molar-refractivity contribution in [1.29, 1.82) is 0 Å². The summed E-state index contributed by atoms with van der Waals surface area (Å²) in [6.07, 6.45) is 0. The van der Waals surface area contributed by atoms with Crippen LogP contribution < -0.4 is 19.3 Å². The minimum absolute atomic E-state index is 0.0617. The number of anilines is 2. The monoisotopic (exact) mass is 543 g/mol. The number of nitrogens with zero attached hydrogens (tertiary/aromatic N) is 2. The van der Waals surface area contributed by atoms with E-state index in [1.54, 1.807) is 24.3 Å². The van der Waals surface area contributed by atoms with E-state index in [-0.39, 0.29) is 22.9 Å². The molecular weight excluding hydrogens is 514 g/mol. The first kappa shape index (κ1) is 26.8. The molecule has 0 bridgehead atoms. The van der Waals surface area contributed by atoms with Gasteiger partial charge in [0.2, 0.25) is 5.91 Å². The highest BCUT2D eigenvalue weighted by Gasteiger charge is 2.29. The molecule has 0 atom stereocenters. The van der Waals surface area contributed by atoms with Gasteiger partial charge in [-0.25, -0.2) is 8.42 Å². The van der Waals surface area contributed by atoms with Gasteiger partial charge in [0, 0.05) is 30.3 Å². The summed E-state index contributed by atoms with van der Waals surface area (Å²) in [6.45, 7) is 4.78. The number of hydrogen-bond acceptors (Lipinski definition) is 6. The topological polar surface area (TPSA) is 88.2 Å². The molecule has 37 heavy (non-hydrogen) atoms. The Morgan fingerprint density at radius 2 is 1.73 bits per heavy atom. The molecule has 1 fully saturated rings. The number of morpholine rings is 1. The van der Waals surface area contributed by atoms with Crippen LogP contribution in [0, 0.1) is 6.92 Å². The zero-order valence-electron chi connectivity index (χ0n) is 20.8. The van der Waals surface area contributed by atoms with Crippen LogP contribution in [0.15, 0.2) is 71.6 Å². The molecule has 0 saturated carbocycles. The summed E-state index contributed by atoms with van der Waals surface area (Å²) in [5.41, 5.74) is 3.10. The molecule has 1 aliphatic heterocycles. The fourth-order valence-corrected chi connectivity index (χ4v) is 5.62. The fraction of sp³-hybridized carbons (Fsp3) is 0.296. The SMILES string of the molecule is COc1ccc(Cl)cc1N(CC(=O)NCc1ccc(N2CCOCC2)cc1)S(=O)(=O)c1ccc(C)cc1. The van der Waals surface area contributed by atoms with E-state index in [9.17, 15) is 13.2 Å². The molecule has 3 aromatic carbocycles. The Kier molecular flexibility index (Phi) is 8.58. The number of benzene rings is 3. The Balaban J connectivity index is 1.52. The van der Waals surface area contributed by atoms with E-state index in [0.29, 0.717) is 18.2 Å². The van der Waals surface area contributed by atoms with Crippen LogP contribution in [0.4, 0.5) is 11.4 Å². The number of hydrogen-bond donors (Lipinski definition) is 1. The van der Waals surface area contributed by atoms with Gasteiger partial charge >= 0.3 is 0 Å². The summed E-state index contributed by atoms with van der Waals surface area (Å²) in [7, 11) is -2.66. The summed E-state index contributed by atoms with van der Waals surface area (Å²) < 4.78 is 39.1. The van der Waals surface area contributed by atoms with Gasteiger partial charge in [-0.05, 0) is 55.0 Å². The number of ether oxygens (including phenoxy) is 2. The molecular formula is C27H30ClN3O5S. The summed E-state index contributed by atoms with van der Waals surface area (Å²) in [6, 6.07) is 19.0. The molecule has 1 aliphatic rings. The van der Waals surface area contributed by atoms with Crippen molar-refractivity contribution < 1.29 is 22.7 Å². The Morgan fingerprint density at radius 3 is 2.38 bits per heavy atom. The predicted octanol–water partition coefficient (Wildman–Crippen LogP) is 4.01. The van der Waals surface area contributed by atoms with Gasteiger partial charge in [-0.15, -0.1) is 0 Å². The molecule has 1 amide bonds. The van der Waals surface area contributed by atoms with Crippen LogP contribution >= 0.6 is 11.6 Å². The van der Waals surface area contributed by atoms with E-state index in [2.05, 4.69) is 10.2 Å². The quantitative estimate of drug-likeness (QED) is 0.439. The Hall–Kier alpha value is -3.27. The third-order valence-corrected chi connectivity index (χ3v) is 8.12. The lowest BCUT2D eigenvalue weighted by Crippen LogP contribution is -2.41. The van der Waals surface area contributed by atoms with E-state index in [1.807, 2.05) is 31.2 Å². The number of carbonyl (C=O) groups is 1. The van der Waals surface area contributed by atoms with Crippen LogP contribution in [0.5, 0.6) is 5.75 Å². The summed E-state index contributed by atoms with van der Waals surface area (Å²) >= 11 is 6.19. The minimum Gasteiger partial charge on any atom is -0.495 e. The van der Waals surface area contributed by atoms with Gasteiger partial charge in [-0.3, -0.25) is 9.10 Å². The highest BCUT2D eigenvalue weighted by Crippen LogP contribution is 2.34. The third kappa shape index (κ3) is 6.54. The van der Waals surface area contributed by atoms with Gasteiger partial charge in [-0.1, -0.05) is 41.4 Å². The van der Waals surface area contributed by atoms with Crippen molar-refractivity contribution in [2.45, 2.75) is 18.4 Å². The maximum absolute atomic E-state index is 13.7. The Bertz CT molecular complexity index is 1330. The standard InChI is InChI=1S/C27H30ClN3O5S/c1-20-3-10-24(11-4-20)37(33,34)31(25-17-22(28)7-12-26(25)35-2)19-27(32)29-18-21-5-8-23(9-6-21)30-13-15-36-16-14-30/h3-12,17H,13-16,18-19H2,1-2H3,(H,29,32). The highest BCUT2D eigenvalue weighted by atomic mass is 35.5. The number of halogens is 1. The molecule has 4 rings (SSSR count). The van der Waals surface area contributed by atoms with Crippen molar-refractivity contribution in [3.63, 3.8) is 0 Å². The smallest absolute Gasteiger partial charge is 0.264 e. The predicted molar refractivity (Wildman–Crippen MR) is 145 cm³/mol. The average molecular weight is 544 g/mol. The lowest BCUT2D eigenvalue weighted by molar-refractivity contribution is -0.119. The molecule has 0 radical (unpaired) electrons. The minimum atomic E-state index is -4.10. The van der Waals surface area contributed by atoms with Gasteiger partial charge < -0.3 is 19.7 Å². The number of aryl methyl sites for hydroxylation is 1. The number of amides is 1. The number of rotatable bonds is 9. The maximum Gasteiger partial charge on any atom is 0.264 e. The molecule has 8 nitrogen and oxygen atoms in total. The van der Waals surface area contributed by atoms with E-state index in [0.717, 1.165) is 34.2 Å². The molecule has 196 valence electrons. The van der Waals surface area contributed by atoms with Crippen LogP contribution in [-0.2, 0) is 26.1 Å². The highest BCUT2D eigenvalue weighted by molar-refractivity contribution is 7.92. The van der Waals surface area contributed by atoms with Gasteiger partial charge in [0.15, 0.2) is 0 Å². The van der Waals surface area contributed by atoms with E-state index in [1.165, 1.54) is 25.3 Å².